The fraction of sp³-hybridized carbons (Fsp3) is 0.100. The normalized spacial score (nSPS) is 10.1. The van der Waals surface area contributed by atoms with Crippen LogP contribution in [0.1, 0.15) is 5.69 Å². The number of hydrogen-bond donors (Lipinski definition) is 1. The molecule has 0 aromatic carbocycles. The molecule has 76 valence electrons. The van der Waals surface area contributed by atoms with E-state index in [1.807, 2.05) is 17.5 Å². The second-order valence-corrected chi connectivity index (χ2v) is 3.89. The molecule has 15 heavy (non-hydrogen) atoms. The van der Waals surface area contributed by atoms with Crippen LogP contribution >= 0.6 is 11.3 Å². The maximum absolute atomic E-state index is 10.5. The summed E-state index contributed by atoms with van der Waals surface area (Å²) in [5.74, 6) is -0.883. The maximum Gasteiger partial charge on any atom is 0.309 e. The summed E-state index contributed by atoms with van der Waals surface area (Å²) in [7, 11) is 0. The third kappa shape index (κ3) is 2.38. The highest BCUT2D eigenvalue weighted by atomic mass is 32.1. The molecule has 0 aliphatic carbocycles. The van der Waals surface area contributed by atoms with Crippen molar-refractivity contribution in [3.8, 4) is 10.6 Å². The number of nitrogens with zero attached hydrogens (tertiary/aromatic N) is 2. The zero-order valence-electron chi connectivity index (χ0n) is 7.75. The Balaban J connectivity index is 2.31. The zero-order valence-corrected chi connectivity index (χ0v) is 8.57. The van der Waals surface area contributed by atoms with E-state index in [0.29, 0.717) is 5.69 Å². The number of aromatic nitrogens is 2. The number of aliphatic carboxylic acids is 1. The molecule has 0 atom stereocenters. The Bertz CT molecular complexity index is 468. The molecule has 0 radical (unpaired) electrons. The fourth-order valence-corrected chi connectivity index (χ4v) is 1.90. The number of thiophene rings is 1. The number of carboxylic acid groups (broad SMARTS) is 1. The molecule has 2 aromatic heterocycles. The van der Waals surface area contributed by atoms with Crippen LogP contribution in [0.3, 0.4) is 0 Å². The monoisotopic (exact) mass is 220 g/mol. The topological polar surface area (TPSA) is 63.1 Å². The van der Waals surface area contributed by atoms with Gasteiger partial charge in [-0.2, -0.15) is 0 Å². The third-order valence-electron chi connectivity index (χ3n) is 1.83. The van der Waals surface area contributed by atoms with E-state index < -0.39 is 5.97 Å². The molecule has 0 aliphatic rings. The summed E-state index contributed by atoms with van der Waals surface area (Å²) in [5, 5.41) is 10.6. The first-order valence-electron chi connectivity index (χ1n) is 4.32. The molecule has 2 heterocycles. The Labute approximate surface area is 90.3 Å². The minimum absolute atomic E-state index is 0.0686. The number of rotatable bonds is 3. The van der Waals surface area contributed by atoms with E-state index in [9.17, 15) is 4.79 Å². The van der Waals surface area contributed by atoms with Gasteiger partial charge in [0, 0.05) is 0 Å². The van der Waals surface area contributed by atoms with Gasteiger partial charge in [-0.1, -0.05) is 6.07 Å². The highest BCUT2D eigenvalue weighted by Crippen LogP contribution is 2.22. The molecule has 0 unspecified atom stereocenters. The van der Waals surface area contributed by atoms with Gasteiger partial charge >= 0.3 is 5.97 Å². The van der Waals surface area contributed by atoms with Crippen molar-refractivity contribution in [1.29, 1.82) is 0 Å². The second-order valence-electron chi connectivity index (χ2n) is 2.94. The lowest BCUT2D eigenvalue weighted by Gasteiger charge is -1.99. The molecule has 0 saturated carbocycles. The van der Waals surface area contributed by atoms with Gasteiger partial charge in [-0.05, 0) is 17.5 Å². The molecule has 2 rings (SSSR count). The molecule has 4 nitrogen and oxygen atoms in total. The van der Waals surface area contributed by atoms with Gasteiger partial charge in [-0.25, -0.2) is 9.97 Å². The second kappa shape index (κ2) is 4.18. The molecule has 0 spiro atoms. The average Bonchev–Trinajstić information content (AvgIpc) is 2.69. The molecule has 0 aliphatic heterocycles. The van der Waals surface area contributed by atoms with Gasteiger partial charge in [0.05, 0.1) is 22.7 Å². The van der Waals surface area contributed by atoms with E-state index in [1.165, 1.54) is 6.33 Å². The van der Waals surface area contributed by atoms with Crippen LogP contribution < -0.4 is 0 Å². The van der Waals surface area contributed by atoms with Crippen molar-refractivity contribution in [2.24, 2.45) is 0 Å². The number of hydrogen-bond acceptors (Lipinski definition) is 4. The lowest BCUT2D eigenvalue weighted by Crippen LogP contribution is -2.02. The van der Waals surface area contributed by atoms with Crippen LogP contribution in [0.5, 0.6) is 0 Å². The minimum atomic E-state index is -0.883. The lowest BCUT2D eigenvalue weighted by atomic mass is 10.2. The van der Waals surface area contributed by atoms with Gasteiger partial charge < -0.3 is 5.11 Å². The molecule has 2 aromatic rings. The summed E-state index contributed by atoms with van der Waals surface area (Å²) in [5.41, 5.74) is 1.30. The summed E-state index contributed by atoms with van der Waals surface area (Å²) < 4.78 is 0. The van der Waals surface area contributed by atoms with E-state index in [0.717, 1.165) is 10.6 Å². The van der Waals surface area contributed by atoms with Crippen LogP contribution in [0.15, 0.2) is 29.9 Å². The van der Waals surface area contributed by atoms with Gasteiger partial charge in [0.25, 0.3) is 0 Å². The third-order valence-corrected chi connectivity index (χ3v) is 2.72. The number of carbonyl (C=O) groups is 1. The predicted octanol–water partition coefficient (Wildman–Crippen LogP) is 1.83. The molecule has 0 saturated heterocycles. The Hall–Kier alpha value is -1.75. The first-order chi connectivity index (χ1) is 7.25. The van der Waals surface area contributed by atoms with Crippen molar-refractivity contribution in [2.75, 3.05) is 0 Å². The highest BCUT2D eigenvalue weighted by Gasteiger charge is 2.05. The fourth-order valence-electron chi connectivity index (χ4n) is 1.21. The van der Waals surface area contributed by atoms with Crippen molar-refractivity contribution < 1.29 is 9.90 Å². The van der Waals surface area contributed by atoms with Crippen LogP contribution in [0.2, 0.25) is 0 Å². The van der Waals surface area contributed by atoms with Crippen molar-refractivity contribution in [3.63, 3.8) is 0 Å². The molecule has 1 N–H and O–H groups in total. The Kier molecular flexibility index (Phi) is 2.73. The average molecular weight is 220 g/mol. The van der Waals surface area contributed by atoms with Crippen molar-refractivity contribution in [2.45, 2.75) is 6.42 Å². The number of carboxylic acids is 1. The van der Waals surface area contributed by atoms with Crippen LogP contribution in [0, 0.1) is 0 Å². The van der Waals surface area contributed by atoms with Crippen LogP contribution in [-0.4, -0.2) is 21.0 Å². The largest absolute Gasteiger partial charge is 0.481 e. The molecule has 0 fully saturated rings. The Morgan fingerprint density at radius 3 is 3.00 bits per heavy atom. The summed E-state index contributed by atoms with van der Waals surface area (Å²) in [6.07, 6.45) is 1.33. The Morgan fingerprint density at radius 1 is 1.47 bits per heavy atom. The van der Waals surface area contributed by atoms with Crippen LogP contribution in [0.25, 0.3) is 10.6 Å². The van der Waals surface area contributed by atoms with E-state index >= 15 is 0 Å². The molecular formula is C10H8N2O2S. The van der Waals surface area contributed by atoms with Gasteiger partial charge in [-0.15, -0.1) is 11.3 Å². The summed E-state index contributed by atoms with van der Waals surface area (Å²) in [6, 6.07) is 5.58. The highest BCUT2D eigenvalue weighted by molar-refractivity contribution is 7.13. The van der Waals surface area contributed by atoms with Crippen LogP contribution in [-0.2, 0) is 11.2 Å². The standard InChI is InChI=1S/C10H8N2O2S/c13-10(14)5-7-4-8(12-6-11-7)9-2-1-3-15-9/h1-4,6H,5H2,(H,13,14). The molecular weight excluding hydrogens is 212 g/mol. The molecule has 5 heteroatoms. The smallest absolute Gasteiger partial charge is 0.309 e. The van der Waals surface area contributed by atoms with E-state index in [1.54, 1.807) is 17.4 Å². The minimum Gasteiger partial charge on any atom is -0.481 e. The summed E-state index contributed by atoms with van der Waals surface area (Å²) in [6.45, 7) is 0. The first kappa shape index (κ1) is 9.79. The summed E-state index contributed by atoms with van der Waals surface area (Å²) >= 11 is 1.57. The summed E-state index contributed by atoms with van der Waals surface area (Å²) in [4.78, 5) is 19.5. The molecule has 0 bridgehead atoms. The Morgan fingerprint density at radius 2 is 2.33 bits per heavy atom. The van der Waals surface area contributed by atoms with Crippen LogP contribution in [0.4, 0.5) is 0 Å². The van der Waals surface area contributed by atoms with Gasteiger partial charge in [0.2, 0.25) is 0 Å². The SMILES string of the molecule is O=C(O)Cc1cc(-c2cccs2)ncn1. The van der Waals surface area contributed by atoms with Crippen molar-refractivity contribution in [3.05, 3.63) is 35.6 Å². The lowest BCUT2D eigenvalue weighted by molar-refractivity contribution is -0.136. The van der Waals surface area contributed by atoms with E-state index in [4.69, 9.17) is 5.11 Å². The van der Waals surface area contributed by atoms with Gasteiger partial charge in [0.1, 0.15) is 6.33 Å². The zero-order chi connectivity index (χ0) is 10.7. The van der Waals surface area contributed by atoms with Gasteiger partial charge in [-0.3, -0.25) is 4.79 Å². The van der Waals surface area contributed by atoms with E-state index in [2.05, 4.69) is 9.97 Å². The maximum atomic E-state index is 10.5. The van der Waals surface area contributed by atoms with Crippen molar-refractivity contribution in [1.82, 2.24) is 9.97 Å². The van der Waals surface area contributed by atoms with Crippen molar-refractivity contribution >= 4 is 17.3 Å². The first-order valence-corrected chi connectivity index (χ1v) is 5.20. The quantitative estimate of drug-likeness (QED) is 0.857. The molecule has 0 amide bonds. The van der Waals surface area contributed by atoms with E-state index in [-0.39, 0.29) is 6.42 Å². The van der Waals surface area contributed by atoms with Gasteiger partial charge in [0.15, 0.2) is 0 Å². The predicted molar refractivity (Wildman–Crippen MR) is 56.7 cm³/mol.